The largest absolute Gasteiger partial charge is 0.489 e. The van der Waals surface area contributed by atoms with Gasteiger partial charge in [-0.15, -0.1) is 0 Å². The van der Waals surface area contributed by atoms with E-state index < -0.39 is 0 Å². The summed E-state index contributed by atoms with van der Waals surface area (Å²) >= 11 is 9.70. The Labute approximate surface area is 206 Å². The fourth-order valence-electron chi connectivity index (χ4n) is 3.46. The molecule has 0 bridgehead atoms. The van der Waals surface area contributed by atoms with E-state index >= 15 is 0 Å². The highest BCUT2D eigenvalue weighted by Crippen LogP contribution is 2.24. The van der Waals surface area contributed by atoms with Gasteiger partial charge in [-0.3, -0.25) is 9.48 Å². The summed E-state index contributed by atoms with van der Waals surface area (Å²) < 4.78 is 8.65. The van der Waals surface area contributed by atoms with Gasteiger partial charge in [-0.2, -0.15) is 5.10 Å². The van der Waals surface area contributed by atoms with Crippen LogP contribution in [0, 0.1) is 13.8 Å². The summed E-state index contributed by atoms with van der Waals surface area (Å²) in [4.78, 5) is 12.9. The number of carbonyl (C=O) groups is 1. The van der Waals surface area contributed by atoms with E-state index in [2.05, 4.69) is 26.3 Å². The third-order valence-electron chi connectivity index (χ3n) is 5.33. The fourth-order valence-corrected chi connectivity index (χ4v) is 3.92. The molecule has 3 aromatic carbocycles. The predicted molar refractivity (Wildman–Crippen MR) is 135 cm³/mol. The number of hydrogen-bond acceptors (Lipinski definition) is 3. The smallest absolute Gasteiger partial charge is 0.255 e. The number of anilines is 1. The monoisotopic (exact) mass is 523 g/mol. The van der Waals surface area contributed by atoms with Gasteiger partial charge in [-0.1, -0.05) is 57.9 Å². The lowest BCUT2D eigenvalue weighted by molar-refractivity contribution is 0.102. The normalized spacial score (nSPS) is 10.8. The second kappa shape index (κ2) is 10.2. The van der Waals surface area contributed by atoms with E-state index in [1.807, 2.05) is 79.2 Å². The topological polar surface area (TPSA) is 56.2 Å². The van der Waals surface area contributed by atoms with Crippen molar-refractivity contribution in [3.8, 4) is 5.75 Å². The maximum absolute atomic E-state index is 12.9. The number of nitrogens with one attached hydrogen (secondary N) is 1. The highest BCUT2D eigenvalue weighted by molar-refractivity contribution is 9.10. The molecule has 0 spiro atoms. The number of halogens is 2. The first-order valence-corrected chi connectivity index (χ1v) is 11.6. The summed E-state index contributed by atoms with van der Waals surface area (Å²) in [6.45, 7) is 4.79. The second-order valence-electron chi connectivity index (χ2n) is 7.69. The van der Waals surface area contributed by atoms with Crippen LogP contribution in [0.15, 0.2) is 77.3 Å². The molecule has 1 amide bonds. The first-order valence-electron chi connectivity index (χ1n) is 10.5. The van der Waals surface area contributed by atoms with Crippen molar-refractivity contribution in [2.75, 3.05) is 5.32 Å². The number of rotatable bonds is 7. The number of aryl methyl sites for hydroxylation is 1. The van der Waals surface area contributed by atoms with E-state index in [1.54, 1.807) is 12.1 Å². The lowest BCUT2D eigenvalue weighted by atomic mass is 10.1. The van der Waals surface area contributed by atoms with Gasteiger partial charge in [0.1, 0.15) is 12.4 Å². The van der Waals surface area contributed by atoms with Crippen LogP contribution in [0.5, 0.6) is 5.75 Å². The molecule has 5 nitrogen and oxygen atoms in total. The van der Waals surface area contributed by atoms with Crippen molar-refractivity contribution in [3.63, 3.8) is 0 Å². The first-order chi connectivity index (χ1) is 15.9. The number of hydrogen-bond donors (Lipinski definition) is 1. The van der Waals surface area contributed by atoms with Crippen LogP contribution in [-0.2, 0) is 13.2 Å². The quantitative estimate of drug-likeness (QED) is 0.289. The summed E-state index contributed by atoms with van der Waals surface area (Å²) in [5.41, 5.74) is 4.88. The molecule has 0 saturated heterocycles. The zero-order valence-corrected chi connectivity index (χ0v) is 20.7. The molecule has 4 aromatic rings. The van der Waals surface area contributed by atoms with Crippen molar-refractivity contribution in [1.29, 1.82) is 0 Å². The number of benzene rings is 3. The van der Waals surface area contributed by atoms with Crippen molar-refractivity contribution in [3.05, 3.63) is 110 Å². The van der Waals surface area contributed by atoms with Gasteiger partial charge in [0.25, 0.3) is 5.91 Å². The zero-order valence-electron chi connectivity index (χ0n) is 18.3. The first kappa shape index (κ1) is 23.1. The van der Waals surface area contributed by atoms with Crippen LogP contribution >= 0.6 is 27.5 Å². The van der Waals surface area contributed by atoms with Crippen molar-refractivity contribution >= 4 is 39.1 Å². The van der Waals surface area contributed by atoms with Gasteiger partial charge in [0, 0.05) is 15.1 Å². The van der Waals surface area contributed by atoms with Gasteiger partial charge in [-0.25, -0.2) is 0 Å². The van der Waals surface area contributed by atoms with E-state index in [0.717, 1.165) is 38.4 Å². The van der Waals surface area contributed by atoms with Crippen molar-refractivity contribution in [2.24, 2.45) is 0 Å². The molecule has 0 atom stereocenters. The van der Waals surface area contributed by atoms with Crippen LogP contribution in [0.3, 0.4) is 0 Å². The molecule has 4 rings (SSSR count). The summed E-state index contributed by atoms with van der Waals surface area (Å²) in [5.74, 6) is 0.610. The Balaban J connectivity index is 1.41. The second-order valence-corrected chi connectivity index (χ2v) is 9.01. The molecule has 0 radical (unpaired) electrons. The Morgan fingerprint density at radius 1 is 1.03 bits per heavy atom. The summed E-state index contributed by atoms with van der Waals surface area (Å²) in [5, 5.41) is 8.29. The SMILES string of the molecule is Cc1nn(Cc2ccccc2Cl)c(C)c1NC(=O)c1ccc(COc2ccc(Br)cc2)cc1. The molecule has 0 aliphatic heterocycles. The van der Waals surface area contributed by atoms with Crippen LogP contribution in [0.25, 0.3) is 0 Å². The predicted octanol–water partition coefficient (Wildman–Crippen LogP) is 6.80. The van der Waals surface area contributed by atoms with Crippen molar-refractivity contribution in [2.45, 2.75) is 27.0 Å². The molecule has 0 saturated carbocycles. The Hall–Kier alpha value is -3.09. The minimum atomic E-state index is -0.182. The van der Waals surface area contributed by atoms with Gasteiger partial charge in [-0.05, 0) is 67.4 Å². The Kier molecular flexibility index (Phi) is 7.16. The van der Waals surface area contributed by atoms with Gasteiger partial charge >= 0.3 is 0 Å². The third kappa shape index (κ3) is 5.64. The third-order valence-corrected chi connectivity index (χ3v) is 6.23. The fraction of sp³-hybridized carbons (Fsp3) is 0.154. The van der Waals surface area contributed by atoms with Gasteiger partial charge in [0.05, 0.1) is 23.6 Å². The van der Waals surface area contributed by atoms with Gasteiger partial charge in [0.15, 0.2) is 0 Å². The Morgan fingerprint density at radius 3 is 2.42 bits per heavy atom. The number of ether oxygens (including phenoxy) is 1. The molecule has 1 N–H and O–H groups in total. The average Bonchev–Trinajstić information content (AvgIpc) is 3.08. The van der Waals surface area contributed by atoms with Crippen molar-refractivity contribution in [1.82, 2.24) is 9.78 Å². The van der Waals surface area contributed by atoms with Crippen LogP contribution in [-0.4, -0.2) is 15.7 Å². The maximum Gasteiger partial charge on any atom is 0.255 e. The molecule has 1 aromatic heterocycles. The summed E-state index contributed by atoms with van der Waals surface area (Å²) in [6, 6.07) is 22.8. The molecule has 1 heterocycles. The molecular formula is C26H23BrClN3O2. The minimum absolute atomic E-state index is 0.182. The summed E-state index contributed by atoms with van der Waals surface area (Å²) in [6.07, 6.45) is 0. The number of aromatic nitrogens is 2. The van der Waals surface area contributed by atoms with E-state index in [1.165, 1.54) is 0 Å². The molecule has 0 aliphatic rings. The Bertz CT molecular complexity index is 1270. The van der Waals surface area contributed by atoms with Crippen LogP contribution in [0.4, 0.5) is 5.69 Å². The van der Waals surface area contributed by atoms with Crippen LogP contribution in [0.1, 0.15) is 32.9 Å². The van der Waals surface area contributed by atoms with Crippen LogP contribution < -0.4 is 10.1 Å². The lowest BCUT2D eigenvalue weighted by Gasteiger charge is -2.09. The van der Waals surface area contributed by atoms with Gasteiger partial charge < -0.3 is 10.1 Å². The van der Waals surface area contributed by atoms with Gasteiger partial charge in [0.2, 0.25) is 0 Å². The van der Waals surface area contributed by atoms with E-state index in [9.17, 15) is 4.79 Å². The Morgan fingerprint density at radius 2 is 1.73 bits per heavy atom. The molecule has 0 aliphatic carbocycles. The highest BCUT2D eigenvalue weighted by Gasteiger charge is 2.16. The zero-order chi connectivity index (χ0) is 23.4. The number of carbonyl (C=O) groups excluding carboxylic acids is 1. The highest BCUT2D eigenvalue weighted by atomic mass is 79.9. The standard InChI is InChI=1S/C26H23BrClN3O2/c1-17-25(18(2)31(30-17)15-21-5-3-4-6-24(21)28)29-26(32)20-9-7-19(8-10-20)16-33-23-13-11-22(27)12-14-23/h3-14H,15-16H2,1-2H3,(H,29,32). The van der Waals surface area contributed by atoms with Crippen molar-refractivity contribution < 1.29 is 9.53 Å². The number of amides is 1. The molecule has 0 unspecified atom stereocenters. The molecule has 0 fully saturated rings. The van der Waals surface area contributed by atoms with E-state index in [4.69, 9.17) is 16.3 Å². The minimum Gasteiger partial charge on any atom is -0.489 e. The molecule has 33 heavy (non-hydrogen) atoms. The summed E-state index contributed by atoms with van der Waals surface area (Å²) in [7, 11) is 0. The molecule has 168 valence electrons. The van der Waals surface area contributed by atoms with E-state index in [0.29, 0.717) is 23.7 Å². The van der Waals surface area contributed by atoms with Crippen LogP contribution in [0.2, 0.25) is 5.02 Å². The maximum atomic E-state index is 12.9. The molecule has 7 heteroatoms. The average molecular weight is 525 g/mol. The lowest BCUT2D eigenvalue weighted by Crippen LogP contribution is -2.13. The van der Waals surface area contributed by atoms with E-state index in [-0.39, 0.29) is 5.91 Å². The number of nitrogens with zero attached hydrogens (tertiary/aromatic N) is 2. The molecular weight excluding hydrogens is 502 g/mol.